The fourth-order valence-electron chi connectivity index (χ4n) is 4.26. The number of nitrogens with zero attached hydrogens (tertiary/aromatic N) is 1. The number of piperidine rings is 1. The van der Waals surface area contributed by atoms with Crippen LogP contribution in [-0.4, -0.2) is 42.4 Å². The van der Waals surface area contributed by atoms with E-state index in [1.165, 1.54) is 19.3 Å². The average molecular weight is 394 g/mol. The molecule has 0 bridgehead atoms. The Bertz CT molecular complexity index is 829. The summed E-state index contributed by atoms with van der Waals surface area (Å²) in [6, 6.07) is 5.57. The molecule has 1 aromatic heterocycles. The van der Waals surface area contributed by atoms with Gasteiger partial charge in [-0.1, -0.05) is 12.5 Å². The molecule has 1 fully saturated rings. The zero-order chi connectivity index (χ0) is 17.9. The number of halogens is 1. The van der Waals surface area contributed by atoms with E-state index in [0.29, 0.717) is 17.9 Å². The van der Waals surface area contributed by atoms with Crippen molar-refractivity contribution >= 4 is 23.4 Å². The van der Waals surface area contributed by atoms with Gasteiger partial charge in [-0.25, -0.2) is 4.79 Å². The summed E-state index contributed by atoms with van der Waals surface area (Å²) in [6.07, 6.45) is 6.96. The number of aliphatic hydroxyl groups is 1. The molecule has 1 aliphatic carbocycles. The third-order valence-corrected chi connectivity index (χ3v) is 5.56. The van der Waals surface area contributed by atoms with Crippen LogP contribution in [0, 0.1) is 0 Å². The van der Waals surface area contributed by atoms with Crippen molar-refractivity contribution in [2.24, 2.45) is 0 Å². The highest BCUT2D eigenvalue weighted by Crippen LogP contribution is 2.33. The molecule has 5 nitrogen and oxygen atoms in total. The first-order valence-electron chi connectivity index (χ1n) is 9.83. The van der Waals surface area contributed by atoms with Gasteiger partial charge >= 0.3 is 5.63 Å². The standard InChI is InChI=1S/C21H27NO4.ClH/c23-15(13-22-11-4-1-5-12-22)14-25-18-9-6-10-19-20(18)16-7-2-3-8-17(16)21(24)26-19;/h6,9-10,15,23H,1-5,7-8,11-14H2;1H. The van der Waals surface area contributed by atoms with E-state index in [2.05, 4.69) is 4.90 Å². The van der Waals surface area contributed by atoms with Crippen molar-refractivity contribution in [1.29, 1.82) is 0 Å². The predicted molar refractivity (Wildman–Crippen MR) is 108 cm³/mol. The molecule has 1 unspecified atom stereocenters. The molecule has 1 saturated heterocycles. The van der Waals surface area contributed by atoms with Gasteiger partial charge in [-0.15, -0.1) is 12.4 Å². The first-order chi connectivity index (χ1) is 12.7. The number of ether oxygens (including phenoxy) is 1. The zero-order valence-electron chi connectivity index (χ0n) is 15.6. The minimum atomic E-state index is -0.519. The molecule has 2 aliphatic rings. The van der Waals surface area contributed by atoms with Crippen LogP contribution in [0.2, 0.25) is 0 Å². The van der Waals surface area contributed by atoms with Gasteiger partial charge < -0.3 is 19.2 Å². The number of benzene rings is 1. The van der Waals surface area contributed by atoms with E-state index in [0.717, 1.165) is 55.3 Å². The second-order valence-corrected chi connectivity index (χ2v) is 7.51. The summed E-state index contributed by atoms with van der Waals surface area (Å²) in [6.45, 7) is 3.02. The summed E-state index contributed by atoms with van der Waals surface area (Å²) in [5, 5.41) is 11.3. The van der Waals surface area contributed by atoms with Crippen molar-refractivity contribution in [2.75, 3.05) is 26.2 Å². The molecule has 1 aliphatic heterocycles. The lowest BCUT2D eigenvalue weighted by Gasteiger charge is -2.28. The maximum absolute atomic E-state index is 12.2. The minimum absolute atomic E-state index is 0. The molecule has 27 heavy (non-hydrogen) atoms. The van der Waals surface area contributed by atoms with Crippen LogP contribution >= 0.6 is 12.4 Å². The fraction of sp³-hybridized carbons (Fsp3) is 0.571. The number of aryl methyl sites for hydroxylation is 1. The highest BCUT2D eigenvalue weighted by atomic mass is 35.5. The van der Waals surface area contributed by atoms with E-state index in [1.807, 2.05) is 18.2 Å². The van der Waals surface area contributed by atoms with E-state index in [1.54, 1.807) is 0 Å². The van der Waals surface area contributed by atoms with Crippen molar-refractivity contribution in [1.82, 2.24) is 4.90 Å². The van der Waals surface area contributed by atoms with Crippen LogP contribution in [0.3, 0.4) is 0 Å². The lowest BCUT2D eigenvalue weighted by Crippen LogP contribution is -2.38. The largest absolute Gasteiger partial charge is 0.490 e. The van der Waals surface area contributed by atoms with Gasteiger partial charge in [0, 0.05) is 12.1 Å². The number of hydrogen-bond acceptors (Lipinski definition) is 5. The maximum atomic E-state index is 12.2. The van der Waals surface area contributed by atoms with Crippen LogP contribution in [-0.2, 0) is 12.8 Å². The molecule has 1 N–H and O–H groups in total. The number of aliphatic hydroxyl groups excluding tert-OH is 1. The Morgan fingerprint density at radius 2 is 1.81 bits per heavy atom. The summed E-state index contributed by atoms with van der Waals surface area (Å²) in [5.74, 6) is 0.710. The monoisotopic (exact) mass is 393 g/mol. The van der Waals surface area contributed by atoms with Crippen LogP contribution in [0.15, 0.2) is 27.4 Å². The van der Waals surface area contributed by atoms with Gasteiger partial charge in [-0.2, -0.15) is 0 Å². The molecule has 0 radical (unpaired) electrons. The van der Waals surface area contributed by atoms with E-state index >= 15 is 0 Å². The van der Waals surface area contributed by atoms with Crippen molar-refractivity contribution in [3.63, 3.8) is 0 Å². The molecule has 0 saturated carbocycles. The minimum Gasteiger partial charge on any atom is -0.490 e. The lowest BCUT2D eigenvalue weighted by atomic mass is 9.90. The molecule has 6 heteroatoms. The Labute approximate surface area is 165 Å². The number of rotatable bonds is 5. The van der Waals surface area contributed by atoms with Crippen LogP contribution in [0.25, 0.3) is 11.0 Å². The smallest absolute Gasteiger partial charge is 0.339 e. The second-order valence-electron chi connectivity index (χ2n) is 7.51. The van der Waals surface area contributed by atoms with Gasteiger partial charge in [0.25, 0.3) is 0 Å². The average Bonchev–Trinajstić information content (AvgIpc) is 2.67. The second kappa shape index (κ2) is 9.09. The Morgan fingerprint density at radius 3 is 2.59 bits per heavy atom. The molecule has 148 valence electrons. The van der Waals surface area contributed by atoms with E-state index in [-0.39, 0.29) is 24.6 Å². The number of hydrogen-bond donors (Lipinski definition) is 1. The number of β-amino-alcohol motifs (C(OH)–C–C–N with tert-alkyl or cyclic N) is 1. The summed E-state index contributed by atoms with van der Waals surface area (Å²) in [5.41, 5.74) is 2.24. The SMILES string of the molecule is Cl.O=c1oc2cccc(OCC(O)CN3CCCCC3)c2c2c1CCCC2. The number of likely N-dealkylation sites (tertiary alicyclic amines) is 1. The summed E-state index contributed by atoms with van der Waals surface area (Å²) < 4.78 is 11.5. The summed E-state index contributed by atoms with van der Waals surface area (Å²) in [7, 11) is 0. The Kier molecular flexibility index (Phi) is 6.79. The van der Waals surface area contributed by atoms with Crippen molar-refractivity contribution < 1.29 is 14.3 Å². The topological polar surface area (TPSA) is 62.9 Å². The molecule has 1 aromatic carbocycles. The molecule has 1 atom stereocenters. The Morgan fingerprint density at radius 1 is 1.07 bits per heavy atom. The van der Waals surface area contributed by atoms with Crippen LogP contribution in [0.1, 0.15) is 43.2 Å². The molecule has 4 rings (SSSR count). The fourth-order valence-corrected chi connectivity index (χ4v) is 4.26. The molecule has 0 spiro atoms. The molecule has 2 heterocycles. The predicted octanol–water partition coefficient (Wildman–Crippen LogP) is 3.32. The van der Waals surface area contributed by atoms with E-state index in [4.69, 9.17) is 9.15 Å². The summed E-state index contributed by atoms with van der Waals surface area (Å²) in [4.78, 5) is 14.5. The first-order valence-corrected chi connectivity index (χ1v) is 9.83. The van der Waals surface area contributed by atoms with Crippen molar-refractivity contribution in [3.8, 4) is 5.75 Å². The van der Waals surface area contributed by atoms with Gasteiger partial charge in [0.2, 0.25) is 0 Å². The first kappa shape index (κ1) is 20.2. The summed E-state index contributed by atoms with van der Waals surface area (Å²) >= 11 is 0. The van der Waals surface area contributed by atoms with Crippen molar-refractivity contribution in [3.05, 3.63) is 39.7 Å². The van der Waals surface area contributed by atoms with Gasteiger partial charge in [0.05, 0.1) is 5.39 Å². The highest BCUT2D eigenvalue weighted by Gasteiger charge is 2.21. The van der Waals surface area contributed by atoms with Crippen molar-refractivity contribution in [2.45, 2.75) is 51.0 Å². The van der Waals surface area contributed by atoms with Crippen LogP contribution in [0.5, 0.6) is 5.75 Å². The third kappa shape index (κ3) is 4.48. The zero-order valence-corrected chi connectivity index (χ0v) is 16.4. The number of fused-ring (bicyclic) bond motifs is 3. The Balaban J connectivity index is 0.00000210. The van der Waals surface area contributed by atoms with Gasteiger partial charge in [0.15, 0.2) is 0 Å². The molecular formula is C21H28ClNO4. The molecular weight excluding hydrogens is 366 g/mol. The molecule has 2 aromatic rings. The van der Waals surface area contributed by atoms with Gasteiger partial charge in [-0.3, -0.25) is 0 Å². The van der Waals surface area contributed by atoms with E-state index < -0.39 is 6.10 Å². The van der Waals surface area contributed by atoms with Gasteiger partial charge in [0.1, 0.15) is 24.0 Å². The lowest BCUT2D eigenvalue weighted by molar-refractivity contribution is 0.0622. The molecule has 0 amide bonds. The third-order valence-electron chi connectivity index (χ3n) is 5.56. The van der Waals surface area contributed by atoms with Crippen LogP contribution < -0.4 is 10.4 Å². The normalized spacial score (nSPS) is 18.6. The quantitative estimate of drug-likeness (QED) is 0.789. The van der Waals surface area contributed by atoms with Gasteiger partial charge in [-0.05, 0) is 69.3 Å². The Hall–Kier alpha value is -1.56. The van der Waals surface area contributed by atoms with Crippen LogP contribution in [0.4, 0.5) is 0 Å². The highest BCUT2D eigenvalue weighted by molar-refractivity contribution is 5.88. The van der Waals surface area contributed by atoms with E-state index in [9.17, 15) is 9.90 Å². The maximum Gasteiger partial charge on any atom is 0.339 e.